The molecule has 1 aromatic carbocycles. The summed E-state index contributed by atoms with van der Waals surface area (Å²) in [6.45, 7) is 3.89. The summed E-state index contributed by atoms with van der Waals surface area (Å²) < 4.78 is 31.0. The second kappa shape index (κ2) is 6.55. The maximum Gasteiger partial charge on any atom is 0.129 e. The molecule has 0 amide bonds. The summed E-state index contributed by atoms with van der Waals surface area (Å²) in [5, 5.41) is 3.14. The van der Waals surface area contributed by atoms with Crippen molar-refractivity contribution in [1.82, 2.24) is 5.32 Å². The first-order valence-electron chi connectivity index (χ1n) is 5.29. The van der Waals surface area contributed by atoms with Crippen LogP contribution in [0.4, 0.5) is 8.78 Å². The maximum absolute atomic E-state index is 13.4. The Balaban J connectivity index is 2.49. The van der Waals surface area contributed by atoms with Crippen LogP contribution in [0.5, 0.6) is 0 Å². The first kappa shape index (κ1) is 13.1. The average molecular weight is 229 g/mol. The molecule has 0 aliphatic rings. The molecule has 0 saturated carbocycles. The van der Waals surface area contributed by atoms with Crippen LogP contribution in [0, 0.1) is 11.6 Å². The lowest BCUT2D eigenvalue weighted by Gasteiger charge is -2.13. The van der Waals surface area contributed by atoms with Crippen molar-refractivity contribution in [3.05, 3.63) is 35.4 Å². The lowest BCUT2D eigenvalue weighted by molar-refractivity contribution is 0.199. The molecule has 0 heterocycles. The largest absolute Gasteiger partial charge is 0.383 e. The predicted molar refractivity (Wildman–Crippen MR) is 59.5 cm³/mol. The predicted octanol–water partition coefficient (Wildman–Crippen LogP) is 2.30. The summed E-state index contributed by atoms with van der Waals surface area (Å²) in [5.74, 6) is -1.01. The van der Waals surface area contributed by atoms with Gasteiger partial charge in [0.2, 0.25) is 0 Å². The van der Waals surface area contributed by atoms with Crippen LogP contribution in [0.1, 0.15) is 18.4 Å². The fourth-order valence-corrected chi connectivity index (χ4v) is 1.50. The summed E-state index contributed by atoms with van der Waals surface area (Å²) in [5.41, 5.74) is 0.534. The van der Waals surface area contributed by atoms with Gasteiger partial charge in [0, 0.05) is 26.3 Å². The van der Waals surface area contributed by atoms with Crippen molar-refractivity contribution in [3.8, 4) is 0 Å². The Morgan fingerprint density at radius 1 is 1.38 bits per heavy atom. The average Bonchev–Trinajstić information content (AvgIpc) is 2.24. The fraction of sp³-hybridized carbons (Fsp3) is 0.500. The molecule has 0 aliphatic carbocycles. The molecule has 0 fully saturated rings. The van der Waals surface area contributed by atoms with Gasteiger partial charge in [0.05, 0.1) is 6.61 Å². The molecule has 0 saturated heterocycles. The van der Waals surface area contributed by atoms with Gasteiger partial charge in [-0.3, -0.25) is 0 Å². The number of benzene rings is 1. The Morgan fingerprint density at radius 2 is 2.12 bits per heavy atom. The Bertz CT molecular complexity index is 331. The molecule has 0 spiro atoms. The quantitative estimate of drug-likeness (QED) is 0.756. The van der Waals surface area contributed by atoms with E-state index in [2.05, 4.69) is 5.32 Å². The smallest absolute Gasteiger partial charge is 0.129 e. The molecule has 1 aromatic rings. The monoisotopic (exact) mass is 229 g/mol. The molecule has 4 heteroatoms. The molecule has 1 rings (SSSR count). The number of methoxy groups -OCH3 is 1. The second-order valence-corrected chi connectivity index (χ2v) is 3.76. The van der Waals surface area contributed by atoms with Gasteiger partial charge in [-0.05, 0) is 17.5 Å². The van der Waals surface area contributed by atoms with Crippen molar-refractivity contribution < 1.29 is 13.5 Å². The van der Waals surface area contributed by atoms with E-state index in [9.17, 15) is 8.78 Å². The lowest BCUT2D eigenvalue weighted by atomic mass is 10.0. The fourth-order valence-electron chi connectivity index (χ4n) is 1.50. The van der Waals surface area contributed by atoms with E-state index in [1.165, 1.54) is 12.1 Å². The van der Waals surface area contributed by atoms with Crippen LogP contribution >= 0.6 is 0 Å². The number of halogens is 2. The number of hydrogen-bond donors (Lipinski definition) is 1. The van der Waals surface area contributed by atoms with Crippen LogP contribution in [0.15, 0.2) is 18.2 Å². The van der Waals surface area contributed by atoms with E-state index < -0.39 is 11.6 Å². The molecule has 0 aromatic heterocycles. The SMILES string of the molecule is COCCNCC(C)c1ccc(F)cc1F. The third-order valence-electron chi connectivity index (χ3n) is 2.43. The normalized spacial score (nSPS) is 12.8. The van der Waals surface area contributed by atoms with Gasteiger partial charge in [0.25, 0.3) is 0 Å². The topological polar surface area (TPSA) is 21.3 Å². The highest BCUT2D eigenvalue weighted by molar-refractivity contribution is 5.22. The van der Waals surface area contributed by atoms with Crippen molar-refractivity contribution in [1.29, 1.82) is 0 Å². The van der Waals surface area contributed by atoms with Gasteiger partial charge in [-0.2, -0.15) is 0 Å². The van der Waals surface area contributed by atoms with Crippen LogP contribution < -0.4 is 5.32 Å². The van der Waals surface area contributed by atoms with Crippen molar-refractivity contribution in [3.63, 3.8) is 0 Å². The minimum absolute atomic E-state index is 0.0115. The third kappa shape index (κ3) is 3.87. The molecule has 16 heavy (non-hydrogen) atoms. The van der Waals surface area contributed by atoms with Gasteiger partial charge in [-0.15, -0.1) is 0 Å². The second-order valence-electron chi connectivity index (χ2n) is 3.76. The lowest BCUT2D eigenvalue weighted by Crippen LogP contribution is -2.24. The third-order valence-corrected chi connectivity index (χ3v) is 2.43. The molecule has 1 atom stereocenters. The van der Waals surface area contributed by atoms with Crippen molar-refractivity contribution in [2.24, 2.45) is 0 Å². The molecule has 1 N–H and O–H groups in total. The van der Waals surface area contributed by atoms with Crippen molar-refractivity contribution >= 4 is 0 Å². The molecule has 0 radical (unpaired) electrons. The number of ether oxygens (including phenoxy) is 1. The highest BCUT2D eigenvalue weighted by atomic mass is 19.1. The minimum atomic E-state index is -0.541. The van der Waals surface area contributed by atoms with E-state index in [1.54, 1.807) is 7.11 Å². The Kier molecular flexibility index (Phi) is 5.35. The number of rotatable bonds is 6. The Hall–Kier alpha value is -1.00. The summed E-state index contributed by atoms with van der Waals surface area (Å²) in [7, 11) is 1.63. The van der Waals surface area contributed by atoms with Crippen LogP contribution in [-0.4, -0.2) is 26.8 Å². The van der Waals surface area contributed by atoms with E-state index in [0.717, 1.165) is 12.6 Å². The highest BCUT2D eigenvalue weighted by Crippen LogP contribution is 2.18. The maximum atomic E-state index is 13.4. The van der Waals surface area contributed by atoms with E-state index in [1.807, 2.05) is 6.92 Å². The van der Waals surface area contributed by atoms with Gasteiger partial charge in [0.15, 0.2) is 0 Å². The Morgan fingerprint density at radius 3 is 2.75 bits per heavy atom. The van der Waals surface area contributed by atoms with Crippen LogP contribution in [0.2, 0.25) is 0 Å². The van der Waals surface area contributed by atoms with E-state index in [-0.39, 0.29) is 5.92 Å². The first-order chi connectivity index (χ1) is 7.65. The van der Waals surface area contributed by atoms with Gasteiger partial charge < -0.3 is 10.1 Å². The zero-order valence-electron chi connectivity index (χ0n) is 9.59. The minimum Gasteiger partial charge on any atom is -0.383 e. The van der Waals surface area contributed by atoms with Gasteiger partial charge in [-0.1, -0.05) is 13.0 Å². The Labute approximate surface area is 94.6 Å². The molecule has 0 aliphatic heterocycles. The van der Waals surface area contributed by atoms with Crippen molar-refractivity contribution in [2.45, 2.75) is 12.8 Å². The van der Waals surface area contributed by atoms with Gasteiger partial charge in [-0.25, -0.2) is 8.78 Å². The van der Waals surface area contributed by atoms with Crippen LogP contribution in [0.25, 0.3) is 0 Å². The first-order valence-corrected chi connectivity index (χ1v) is 5.29. The zero-order valence-corrected chi connectivity index (χ0v) is 9.59. The summed E-state index contributed by atoms with van der Waals surface area (Å²) in [4.78, 5) is 0. The molecular weight excluding hydrogens is 212 g/mol. The standard InChI is InChI=1S/C12H17F2NO/c1-9(8-15-5-6-16-2)11-4-3-10(13)7-12(11)14/h3-4,7,9,15H,5-6,8H2,1-2H3. The number of hydrogen-bond acceptors (Lipinski definition) is 2. The van der Waals surface area contributed by atoms with Crippen molar-refractivity contribution in [2.75, 3.05) is 26.8 Å². The van der Waals surface area contributed by atoms with Gasteiger partial charge >= 0.3 is 0 Å². The molecular formula is C12H17F2NO. The molecule has 90 valence electrons. The molecule has 1 unspecified atom stereocenters. The van der Waals surface area contributed by atoms with Crippen LogP contribution in [-0.2, 0) is 4.74 Å². The van der Waals surface area contributed by atoms with E-state index >= 15 is 0 Å². The van der Waals surface area contributed by atoms with E-state index in [4.69, 9.17) is 4.74 Å². The summed E-state index contributed by atoms with van der Waals surface area (Å²) in [6, 6.07) is 3.69. The van der Waals surface area contributed by atoms with Crippen LogP contribution in [0.3, 0.4) is 0 Å². The summed E-state index contributed by atoms with van der Waals surface area (Å²) in [6.07, 6.45) is 0. The highest BCUT2D eigenvalue weighted by Gasteiger charge is 2.10. The van der Waals surface area contributed by atoms with Gasteiger partial charge in [0.1, 0.15) is 11.6 Å². The zero-order chi connectivity index (χ0) is 12.0. The number of nitrogens with one attached hydrogen (secondary N) is 1. The molecule has 2 nitrogen and oxygen atoms in total. The molecule has 0 bridgehead atoms. The summed E-state index contributed by atoms with van der Waals surface area (Å²) >= 11 is 0. The van der Waals surface area contributed by atoms with E-state index in [0.29, 0.717) is 18.7 Å².